The molecular formula is C16H18N6O. The van der Waals surface area contributed by atoms with Crippen LogP contribution in [0.3, 0.4) is 0 Å². The molecule has 1 atom stereocenters. The Morgan fingerprint density at radius 2 is 2.13 bits per heavy atom. The number of rotatable bonds is 3. The van der Waals surface area contributed by atoms with Gasteiger partial charge >= 0.3 is 0 Å². The summed E-state index contributed by atoms with van der Waals surface area (Å²) in [4.78, 5) is 8.97. The third-order valence-electron chi connectivity index (χ3n) is 4.22. The molecule has 7 heteroatoms. The minimum absolute atomic E-state index is 0.260. The fourth-order valence-corrected chi connectivity index (χ4v) is 3.13. The van der Waals surface area contributed by atoms with Crippen molar-refractivity contribution in [1.29, 1.82) is 0 Å². The van der Waals surface area contributed by atoms with Gasteiger partial charge in [-0.25, -0.2) is 19.3 Å². The number of ether oxygens (including phenoxy) is 1. The molecular weight excluding hydrogens is 292 g/mol. The molecule has 1 aliphatic heterocycles. The zero-order valence-electron chi connectivity index (χ0n) is 13.2. The molecule has 1 unspecified atom stereocenters. The molecule has 1 aromatic carbocycles. The molecule has 0 saturated heterocycles. The molecule has 3 aromatic rings. The molecule has 4 rings (SSSR count). The molecule has 23 heavy (non-hydrogen) atoms. The van der Waals surface area contributed by atoms with E-state index in [4.69, 9.17) is 4.74 Å². The normalized spacial score (nSPS) is 17.0. The highest BCUT2D eigenvalue weighted by Crippen LogP contribution is 2.30. The van der Waals surface area contributed by atoms with Gasteiger partial charge in [-0.05, 0) is 25.5 Å². The lowest BCUT2D eigenvalue weighted by Gasteiger charge is -2.22. The van der Waals surface area contributed by atoms with E-state index in [1.54, 1.807) is 13.4 Å². The van der Waals surface area contributed by atoms with Crippen LogP contribution in [0.5, 0.6) is 5.75 Å². The van der Waals surface area contributed by atoms with Gasteiger partial charge in [0.15, 0.2) is 0 Å². The number of para-hydroxylation sites is 2. The molecule has 2 aromatic heterocycles. The summed E-state index contributed by atoms with van der Waals surface area (Å²) in [5.74, 6) is 3.80. The molecule has 7 nitrogen and oxygen atoms in total. The summed E-state index contributed by atoms with van der Waals surface area (Å²) in [5.41, 5.74) is 0.912. The highest BCUT2D eigenvalue weighted by molar-refractivity contribution is 5.46. The van der Waals surface area contributed by atoms with Crippen LogP contribution in [0, 0.1) is 6.92 Å². The van der Waals surface area contributed by atoms with Crippen LogP contribution in [-0.2, 0) is 13.0 Å². The van der Waals surface area contributed by atoms with Gasteiger partial charge in [0.1, 0.15) is 35.2 Å². The van der Waals surface area contributed by atoms with E-state index in [2.05, 4.69) is 20.2 Å². The Balaban J connectivity index is 1.76. The van der Waals surface area contributed by atoms with Crippen molar-refractivity contribution in [2.75, 3.05) is 7.11 Å². The summed E-state index contributed by atoms with van der Waals surface area (Å²) in [5, 5.41) is 8.89. The second-order valence-electron chi connectivity index (χ2n) is 5.69. The van der Waals surface area contributed by atoms with Crippen molar-refractivity contribution in [3.8, 4) is 11.4 Å². The summed E-state index contributed by atoms with van der Waals surface area (Å²) < 4.78 is 9.35. The van der Waals surface area contributed by atoms with Gasteiger partial charge in [0.05, 0.1) is 13.7 Å². The van der Waals surface area contributed by atoms with Crippen LogP contribution >= 0.6 is 0 Å². The number of nitrogens with zero attached hydrogens (tertiary/aromatic N) is 6. The van der Waals surface area contributed by atoms with E-state index in [0.29, 0.717) is 0 Å². The largest absolute Gasteiger partial charge is 0.494 e. The third-order valence-corrected chi connectivity index (χ3v) is 4.22. The van der Waals surface area contributed by atoms with Gasteiger partial charge in [-0.2, -0.15) is 10.2 Å². The van der Waals surface area contributed by atoms with Gasteiger partial charge in [-0.1, -0.05) is 12.1 Å². The van der Waals surface area contributed by atoms with Crippen molar-refractivity contribution in [2.45, 2.75) is 32.2 Å². The van der Waals surface area contributed by atoms with Crippen LogP contribution in [0.2, 0.25) is 0 Å². The van der Waals surface area contributed by atoms with E-state index >= 15 is 0 Å². The van der Waals surface area contributed by atoms with Crippen LogP contribution < -0.4 is 4.74 Å². The van der Waals surface area contributed by atoms with Crippen molar-refractivity contribution < 1.29 is 4.74 Å². The lowest BCUT2D eigenvalue weighted by Crippen LogP contribution is -2.22. The Morgan fingerprint density at radius 3 is 3.00 bits per heavy atom. The summed E-state index contributed by atoms with van der Waals surface area (Å²) >= 11 is 0. The molecule has 118 valence electrons. The van der Waals surface area contributed by atoms with Gasteiger partial charge in [0, 0.05) is 12.3 Å². The Kier molecular flexibility index (Phi) is 3.33. The smallest absolute Gasteiger partial charge is 0.148 e. The quantitative estimate of drug-likeness (QED) is 0.739. The van der Waals surface area contributed by atoms with Crippen molar-refractivity contribution in [3.05, 3.63) is 48.1 Å². The first-order valence-electron chi connectivity index (χ1n) is 7.70. The maximum Gasteiger partial charge on any atom is 0.148 e. The summed E-state index contributed by atoms with van der Waals surface area (Å²) in [6.07, 6.45) is 3.52. The Morgan fingerprint density at radius 1 is 1.26 bits per heavy atom. The monoisotopic (exact) mass is 310 g/mol. The van der Waals surface area contributed by atoms with E-state index in [-0.39, 0.29) is 5.92 Å². The maximum atomic E-state index is 5.48. The summed E-state index contributed by atoms with van der Waals surface area (Å²) in [6.45, 7) is 2.70. The van der Waals surface area contributed by atoms with Gasteiger partial charge in [0.25, 0.3) is 0 Å². The van der Waals surface area contributed by atoms with Crippen LogP contribution in [-0.4, -0.2) is 36.6 Å². The number of hydrogen-bond acceptors (Lipinski definition) is 5. The fraction of sp³-hybridized carbons (Fsp3) is 0.375. The van der Waals surface area contributed by atoms with Crippen LogP contribution in [0.25, 0.3) is 5.69 Å². The zero-order valence-corrected chi connectivity index (χ0v) is 13.2. The highest BCUT2D eigenvalue weighted by Gasteiger charge is 2.27. The average molecular weight is 310 g/mol. The molecule has 0 spiro atoms. The minimum Gasteiger partial charge on any atom is -0.494 e. The number of hydrogen-bond donors (Lipinski definition) is 0. The molecule has 0 saturated carbocycles. The van der Waals surface area contributed by atoms with E-state index in [1.165, 1.54) is 0 Å². The zero-order chi connectivity index (χ0) is 15.8. The molecule has 1 aliphatic rings. The minimum atomic E-state index is 0.260. The van der Waals surface area contributed by atoms with Gasteiger partial charge in [0.2, 0.25) is 0 Å². The number of methoxy groups -OCH3 is 1. The van der Waals surface area contributed by atoms with Gasteiger partial charge < -0.3 is 4.74 Å². The summed E-state index contributed by atoms with van der Waals surface area (Å²) in [7, 11) is 1.67. The molecule has 0 fully saturated rings. The Labute approximate surface area is 133 Å². The maximum absolute atomic E-state index is 5.48. The SMILES string of the molecule is COc1ccccc1-n1nc(C)nc1C1CCc2ncnn2C1. The standard InChI is InChI=1S/C16H18N6O/c1-11-19-16(12-7-8-15-17-10-18-21(15)9-12)22(20-11)13-5-3-4-6-14(13)23-2/h3-6,10,12H,7-9H2,1-2H3. The number of aromatic nitrogens is 6. The Bertz CT molecular complexity index is 837. The van der Waals surface area contributed by atoms with E-state index in [1.807, 2.05) is 40.6 Å². The van der Waals surface area contributed by atoms with Gasteiger partial charge in [-0.15, -0.1) is 0 Å². The third kappa shape index (κ3) is 2.38. The highest BCUT2D eigenvalue weighted by atomic mass is 16.5. The Hall–Kier alpha value is -2.70. The second-order valence-corrected chi connectivity index (χ2v) is 5.69. The van der Waals surface area contributed by atoms with Crippen LogP contribution in [0.4, 0.5) is 0 Å². The number of fused-ring (bicyclic) bond motifs is 1. The predicted molar refractivity (Wildman–Crippen MR) is 83.7 cm³/mol. The average Bonchev–Trinajstić information content (AvgIpc) is 3.20. The topological polar surface area (TPSA) is 70.7 Å². The lowest BCUT2D eigenvalue weighted by molar-refractivity contribution is 0.396. The van der Waals surface area contributed by atoms with Crippen molar-refractivity contribution >= 4 is 0 Å². The van der Waals surface area contributed by atoms with Crippen molar-refractivity contribution in [1.82, 2.24) is 29.5 Å². The number of aryl methyl sites for hydroxylation is 2. The molecule has 3 heterocycles. The van der Waals surface area contributed by atoms with E-state index in [0.717, 1.165) is 48.3 Å². The summed E-state index contributed by atoms with van der Waals surface area (Å²) in [6, 6.07) is 7.87. The van der Waals surface area contributed by atoms with E-state index in [9.17, 15) is 0 Å². The van der Waals surface area contributed by atoms with E-state index < -0.39 is 0 Å². The molecule has 0 amide bonds. The fourth-order valence-electron chi connectivity index (χ4n) is 3.13. The first-order chi connectivity index (χ1) is 11.3. The first-order valence-corrected chi connectivity index (χ1v) is 7.70. The number of benzene rings is 1. The molecule has 0 bridgehead atoms. The van der Waals surface area contributed by atoms with Crippen LogP contribution in [0.1, 0.15) is 29.8 Å². The van der Waals surface area contributed by atoms with Crippen LogP contribution in [0.15, 0.2) is 30.6 Å². The lowest BCUT2D eigenvalue weighted by atomic mass is 9.99. The second kappa shape index (κ2) is 5.49. The predicted octanol–water partition coefficient (Wildman–Crippen LogP) is 1.91. The molecule has 0 aliphatic carbocycles. The van der Waals surface area contributed by atoms with Crippen molar-refractivity contribution in [2.24, 2.45) is 0 Å². The molecule has 0 radical (unpaired) electrons. The van der Waals surface area contributed by atoms with Crippen molar-refractivity contribution in [3.63, 3.8) is 0 Å². The molecule has 0 N–H and O–H groups in total. The van der Waals surface area contributed by atoms with Gasteiger partial charge in [-0.3, -0.25) is 0 Å². The first kappa shape index (κ1) is 13.9.